The molecule has 1 aromatic heterocycles. The zero-order chi connectivity index (χ0) is 16.9. The van der Waals surface area contributed by atoms with E-state index in [0.29, 0.717) is 36.0 Å². The fraction of sp³-hybridized carbons (Fsp3) is 0.500. The maximum absolute atomic E-state index is 12.9. The molecule has 1 aliphatic heterocycles. The summed E-state index contributed by atoms with van der Waals surface area (Å²) in [6, 6.07) is 5.92. The van der Waals surface area contributed by atoms with Gasteiger partial charge in [0.05, 0.1) is 0 Å². The summed E-state index contributed by atoms with van der Waals surface area (Å²) in [5, 5.41) is 3.90. The lowest BCUT2D eigenvalue weighted by atomic mass is 10.0. The van der Waals surface area contributed by atoms with Crippen molar-refractivity contribution in [1.29, 1.82) is 0 Å². The standard InChI is InChI=1S/C18H22FN3O2/c1-13-3-2-11-22(12-10-13)17(23)9-8-16-20-18(21-24-16)14-4-6-15(19)7-5-14/h4-7,13H,2-3,8-12H2,1H3/t13-/m0/s1. The first-order valence-corrected chi connectivity index (χ1v) is 8.48. The first kappa shape index (κ1) is 16.6. The lowest BCUT2D eigenvalue weighted by Gasteiger charge is -2.20. The minimum Gasteiger partial charge on any atom is -0.343 e. The molecule has 0 spiro atoms. The molecule has 1 atom stereocenters. The van der Waals surface area contributed by atoms with Crippen molar-refractivity contribution in [3.05, 3.63) is 36.0 Å². The second kappa shape index (κ2) is 7.55. The molecule has 0 radical (unpaired) electrons. The Morgan fingerprint density at radius 3 is 2.88 bits per heavy atom. The lowest BCUT2D eigenvalue weighted by molar-refractivity contribution is -0.131. The van der Waals surface area contributed by atoms with E-state index < -0.39 is 0 Å². The summed E-state index contributed by atoms with van der Waals surface area (Å²) < 4.78 is 18.1. The maximum atomic E-state index is 12.9. The molecule has 1 aromatic carbocycles. The van der Waals surface area contributed by atoms with E-state index in [0.717, 1.165) is 25.9 Å². The van der Waals surface area contributed by atoms with Crippen molar-refractivity contribution in [2.24, 2.45) is 5.92 Å². The molecule has 6 heteroatoms. The van der Waals surface area contributed by atoms with Gasteiger partial charge in [-0.05, 0) is 49.4 Å². The molecule has 0 bridgehead atoms. The number of rotatable bonds is 4. The molecule has 0 saturated carbocycles. The van der Waals surface area contributed by atoms with E-state index in [1.807, 2.05) is 4.90 Å². The number of hydrogen-bond acceptors (Lipinski definition) is 4. The normalized spacial score (nSPS) is 18.4. The van der Waals surface area contributed by atoms with Crippen LogP contribution in [0.15, 0.2) is 28.8 Å². The molecule has 2 aromatic rings. The maximum Gasteiger partial charge on any atom is 0.227 e. The number of nitrogens with zero attached hydrogens (tertiary/aromatic N) is 3. The van der Waals surface area contributed by atoms with Gasteiger partial charge in [0.15, 0.2) is 0 Å². The van der Waals surface area contributed by atoms with Crippen LogP contribution < -0.4 is 0 Å². The lowest BCUT2D eigenvalue weighted by Crippen LogP contribution is -2.32. The molecule has 5 nitrogen and oxygen atoms in total. The summed E-state index contributed by atoms with van der Waals surface area (Å²) in [4.78, 5) is 18.6. The third-order valence-corrected chi connectivity index (χ3v) is 4.49. The number of carbonyl (C=O) groups excluding carboxylic acids is 1. The molecule has 1 aliphatic rings. The number of benzene rings is 1. The van der Waals surface area contributed by atoms with E-state index in [9.17, 15) is 9.18 Å². The van der Waals surface area contributed by atoms with Gasteiger partial charge in [0, 0.05) is 31.5 Å². The predicted octanol–water partition coefficient (Wildman–Crippen LogP) is 3.46. The third-order valence-electron chi connectivity index (χ3n) is 4.49. The summed E-state index contributed by atoms with van der Waals surface area (Å²) in [5.74, 6) is 1.38. The molecular weight excluding hydrogens is 309 g/mol. The number of aryl methyl sites for hydroxylation is 1. The van der Waals surface area contributed by atoms with Crippen LogP contribution in [0.25, 0.3) is 11.4 Å². The van der Waals surface area contributed by atoms with E-state index in [-0.39, 0.29) is 11.7 Å². The highest BCUT2D eigenvalue weighted by atomic mass is 19.1. The fourth-order valence-corrected chi connectivity index (χ4v) is 2.96. The summed E-state index contributed by atoms with van der Waals surface area (Å²) in [5.41, 5.74) is 0.694. The van der Waals surface area contributed by atoms with E-state index in [4.69, 9.17) is 4.52 Å². The Balaban J connectivity index is 1.55. The zero-order valence-electron chi connectivity index (χ0n) is 13.9. The average molecular weight is 331 g/mol. The number of hydrogen-bond donors (Lipinski definition) is 0. The van der Waals surface area contributed by atoms with Crippen molar-refractivity contribution in [1.82, 2.24) is 15.0 Å². The molecular formula is C18H22FN3O2. The Labute approximate surface area is 140 Å². The van der Waals surface area contributed by atoms with Gasteiger partial charge >= 0.3 is 0 Å². The molecule has 24 heavy (non-hydrogen) atoms. The van der Waals surface area contributed by atoms with Gasteiger partial charge in [-0.15, -0.1) is 0 Å². The predicted molar refractivity (Wildman–Crippen MR) is 87.6 cm³/mol. The van der Waals surface area contributed by atoms with Crippen LogP contribution in [-0.2, 0) is 11.2 Å². The van der Waals surface area contributed by atoms with E-state index in [1.54, 1.807) is 12.1 Å². The van der Waals surface area contributed by atoms with Crippen molar-refractivity contribution in [3.8, 4) is 11.4 Å². The largest absolute Gasteiger partial charge is 0.343 e. The molecule has 3 rings (SSSR count). The van der Waals surface area contributed by atoms with Gasteiger partial charge in [0.1, 0.15) is 5.82 Å². The van der Waals surface area contributed by atoms with Crippen LogP contribution in [0.5, 0.6) is 0 Å². The first-order valence-electron chi connectivity index (χ1n) is 8.48. The van der Waals surface area contributed by atoms with Crippen LogP contribution in [0.2, 0.25) is 0 Å². The Morgan fingerprint density at radius 2 is 2.08 bits per heavy atom. The molecule has 128 valence electrons. The van der Waals surface area contributed by atoms with E-state index in [1.165, 1.54) is 18.6 Å². The molecule has 2 heterocycles. The van der Waals surface area contributed by atoms with Gasteiger partial charge in [-0.2, -0.15) is 4.98 Å². The number of likely N-dealkylation sites (tertiary alicyclic amines) is 1. The van der Waals surface area contributed by atoms with Crippen LogP contribution in [0.4, 0.5) is 4.39 Å². The van der Waals surface area contributed by atoms with Crippen molar-refractivity contribution in [2.45, 2.75) is 39.0 Å². The molecule has 1 fully saturated rings. The van der Waals surface area contributed by atoms with Crippen LogP contribution in [0.1, 0.15) is 38.5 Å². The number of halogens is 1. The summed E-state index contributed by atoms with van der Waals surface area (Å²) >= 11 is 0. The number of carbonyl (C=O) groups is 1. The summed E-state index contributed by atoms with van der Waals surface area (Å²) in [6.07, 6.45) is 4.14. The van der Waals surface area contributed by atoms with Crippen molar-refractivity contribution in [2.75, 3.05) is 13.1 Å². The van der Waals surface area contributed by atoms with Crippen LogP contribution in [0, 0.1) is 11.7 Å². The average Bonchev–Trinajstić information content (AvgIpc) is 2.94. The van der Waals surface area contributed by atoms with Crippen molar-refractivity contribution < 1.29 is 13.7 Å². The van der Waals surface area contributed by atoms with Gasteiger partial charge in [-0.1, -0.05) is 12.1 Å². The Bertz CT molecular complexity index is 684. The molecule has 0 unspecified atom stereocenters. The molecule has 0 aliphatic carbocycles. The highest BCUT2D eigenvalue weighted by Gasteiger charge is 2.19. The van der Waals surface area contributed by atoms with E-state index in [2.05, 4.69) is 17.1 Å². The second-order valence-electron chi connectivity index (χ2n) is 6.44. The molecule has 1 saturated heterocycles. The highest BCUT2D eigenvalue weighted by Crippen LogP contribution is 2.19. The van der Waals surface area contributed by atoms with Gasteiger partial charge in [0.2, 0.25) is 17.6 Å². The monoisotopic (exact) mass is 331 g/mol. The van der Waals surface area contributed by atoms with E-state index >= 15 is 0 Å². The third kappa shape index (κ3) is 4.19. The van der Waals surface area contributed by atoms with Gasteiger partial charge in [-0.3, -0.25) is 4.79 Å². The smallest absolute Gasteiger partial charge is 0.227 e. The first-order chi connectivity index (χ1) is 11.6. The van der Waals surface area contributed by atoms with Gasteiger partial charge in [-0.25, -0.2) is 4.39 Å². The van der Waals surface area contributed by atoms with Crippen molar-refractivity contribution in [3.63, 3.8) is 0 Å². The SMILES string of the molecule is C[C@H]1CCCN(C(=O)CCc2nc(-c3ccc(F)cc3)no2)CC1. The highest BCUT2D eigenvalue weighted by molar-refractivity contribution is 5.76. The fourth-order valence-electron chi connectivity index (χ4n) is 2.96. The minimum absolute atomic E-state index is 0.144. The van der Waals surface area contributed by atoms with Crippen LogP contribution >= 0.6 is 0 Å². The quantitative estimate of drug-likeness (QED) is 0.861. The van der Waals surface area contributed by atoms with Gasteiger partial charge in [0.25, 0.3) is 0 Å². The van der Waals surface area contributed by atoms with Crippen molar-refractivity contribution >= 4 is 5.91 Å². The summed E-state index contributed by atoms with van der Waals surface area (Å²) in [6.45, 7) is 3.92. The Kier molecular flexibility index (Phi) is 5.23. The Morgan fingerprint density at radius 1 is 1.29 bits per heavy atom. The molecule has 0 N–H and O–H groups in total. The number of aromatic nitrogens is 2. The summed E-state index contributed by atoms with van der Waals surface area (Å²) in [7, 11) is 0. The second-order valence-corrected chi connectivity index (χ2v) is 6.44. The van der Waals surface area contributed by atoms with Crippen LogP contribution in [-0.4, -0.2) is 34.0 Å². The zero-order valence-corrected chi connectivity index (χ0v) is 13.9. The topological polar surface area (TPSA) is 59.2 Å². The minimum atomic E-state index is -0.306. The Hall–Kier alpha value is -2.24. The number of amides is 1. The van der Waals surface area contributed by atoms with Crippen LogP contribution in [0.3, 0.4) is 0 Å². The molecule has 1 amide bonds. The van der Waals surface area contributed by atoms with Gasteiger partial charge < -0.3 is 9.42 Å².